The third-order valence-corrected chi connectivity index (χ3v) is 5.76. The van der Waals surface area contributed by atoms with Gasteiger partial charge in [0.2, 0.25) is 0 Å². The lowest BCUT2D eigenvalue weighted by atomic mass is 9.99. The van der Waals surface area contributed by atoms with Gasteiger partial charge in [-0.25, -0.2) is 0 Å². The minimum absolute atomic E-state index is 0.0564. The molecule has 31 heavy (non-hydrogen) atoms. The first-order valence-electron chi connectivity index (χ1n) is 11.2. The summed E-state index contributed by atoms with van der Waals surface area (Å²) in [7, 11) is 1.65. The Morgan fingerprint density at radius 2 is 1.94 bits per heavy atom. The molecule has 0 saturated heterocycles. The number of rotatable bonds is 8. The summed E-state index contributed by atoms with van der Waals surface area (Å²) in [5, 5.41) is 9.44. The molecule has 1 unspecified atom stereocenters. The van der Waals surface area contributed by atoms with E-state index >= 15 is 0 Å². The van der Waals surface area contributed by atoms with Crippen LogP contribution in [0.3, 0.4) is 0 Å². The summed E-state index contributed by atoms with van der Waals surface area (Å²) in [6, 6.07) is 16.9. The molecule has 0 aromatic heterocycles. The van der Waals surface area contributed by atoms with Gasteiger partial charge in [0.1, 0.15) is 0 Å². The van der Waals surface area contributed by atoms with E-state index < -0.39 is 0 Å². The van der Waals surface area contributed by atoms with Crippen molar-refractivity contribution in [1.82, 2.24) is 20.9 Å². The fraction of sp³-hybridized carbons (Fsp3) is 0.440. The van der Waals surface area contributed by atoms with Crippen LogP contribution in [0, 0.1) is 0 Å². The van der Waals surface area contributed by atoms with E-state index in [1.165, 1.54) is 11.1 Å². The number of benzene rings is 2. The van der Waals surface area contributed by atoms with Gasteiger partial charge in [-0.1, -0.05) is 36.4 Å². The number of carbonyl (C=O) groups is 1. The molecule has 1 aliphatic rings. The van der Waals surface area contributed by atoms with Gasteiger partial charge in [-0.3, -0.25) is 14.7 Å². The second-order valence-electron chi connectivity index (χ2n) is 8.01. The van der Waals surface area contributed by atoms with E-state index in [4.69, 9.17) is 4.99 Å². The van der Waals surface area contributed by atoms with Gasteiger partial charge in [0.15, 0.2) is 5.96 Å². The molecule has 166 valence electrons. The number of fused-ring (bicyclic) bond motifs is 1. The summed E-state index contributed by atoms with van der Waals surface area (Å²) < 4.78 is 0. The van der Waals surface area contributed by atoms with Crippen molar-refractivity contribution in [3.63, 3.8) is 0 Å². The average molecular weight is 422 g/mol. The third-order valence-electron chi connectivity index (χ3n) is 5.76. The van der Waals surface area contributed by atoms with E-state index in [0.29, 0.717) is 11.6 Å². The molecule has 6 heteroatoms. The van der Waals surface area contributed by atoms with Crippen molar-refractivity contribution in [3.8, 4) is 0 Å². The van der Waals surface area contributed by atoms with Gasteiger partial charge in [0.25, 0.3) is 5.91 Å². The van der Waals surface area contributed by atoms with Crippen LogP contribution in [-0.2, 0) is 19.4 Å². The number of guanidine groups is 1. The number of hydrogen-bond donors (Lipinski definition) is 3. The molecule has 0 bridgehead atoms. The molecule has 2 aromatic carbocycles. The summed E-state index contributed by atoms with van der Waals surface area (Å²) in [6.45, 7) is 8.75. The highest BCUT2D eigenvalue weighted by atomic mass is 16.1. The van der Waals surface area contributed by atoms with E-state index in [1.54, 1.807) is 7.05 Å². The van der Waals surface area contributed by atoms with E-state index in [0.717, 1.165) is 57.1 Å². The normalized spacial score (nSPS) is 15.1. The molecular weight excluding hydrogens is 386 g/mol. The highest BCUT2D eigenvalue weighted by Gasteiger charge is 2.20. The number of nitrogens with one attached hydrogen (secondary N) is 3. The monoisotopic (exact) mass is 421 g/mol. The van der Waals surface area contributed by atoms with Crippen LogP contribution in [0.15, 0.2) is 53.5 Å². The van der Waals surface area contributed by atoms with E-state index in [-0.39, 0.29) is 5.91 Å². The highest BCUT2D eigenvalue weighted by molar-refractivity contribution is 5.94. The van der Waals surface area contributed by atoms with Crippen molar-refractivity contribution < 1.29 is 4.79 Å². The molecule has 0 fully saturated rings. The number of carbonyl (C=O) groups excluding carboxylic acids is 1. The maximum atomic E-state index is 11.8. The lowest BCUT2D eigenvalue weighted by molar-refractivity contribution is 0.0963. The van der Waals surface area contributed by atoms with Gasteiger partial charge in [-0.05, 0) is 55.5 Å². The van der Waals surface area contributed by atoms with Crippen molar-refractivity contribution >= 4 is 11.9 Å². The van der Waals surface area contributed by atoms with Crippen LogP contribution in [-0.4, -0.2) is 56.0 Å². The van der Waals surface area contributed by atoms with Crippen molar-refractivity contribution in [2.24, 2.45) is 4.99 Å². The third kappa shape index (κ3) is 6.56. The molecule has 0 spiro atoms. The number of aliphatic imine (C=N–C) groups is 1. The molecule has 1 amide bonds. The Kier molecular flexibility index (Phi) is 8.47. The SMILES string of the molecule is CCNC(=NCC(C)N1CCc2ccccc2C1)NCCc1cccc(C(=O)NC)c1. The largest absolute Gasteiger partial charge is 0.357 e. The topological polar surface area (TPSA) is 68.8 Å². The lowest BCUT2D eigenvalue weighted by Gasteiger charge is -2.33. The molecular formula is C25H35N5O. The summed E-state index contributed by atoms with van der Waals surface area (Å²) >= 11 is 0. The first-order valence-corrected chi connectivity index (χ1v) is 11.2. The molecule has 3 N–H and O–H groups in total. The predicted octanol–water partition coefficient (Wildman–Crippen LogP) is 2.59. The number of amides is 1. The van der Waals surface area contributed by atoms with Crippen LogP contribution in [0.1, 0.15) is 40.9 Å². The first kappa shape index (κ1) is 22.8. The second kappa shape index (κ2) is 11.5. The molecule has 1 atom stereocenters. The Hall–Kier alpha value is -2.86. The van der Waals surface area contributed by atoms with Crippen molar-refractivity contribution in [2.45, 2.75) is 39.3 Å². The molecule has 1 heterocycles. The molecule has 0 radical (unpaired) electrons. The Balaban J connectivity index is 1.51. The average Bonchev–Trinajstić information content (AvgIpc) is 2.81. The number of nitrogens with zero attached hydrogens (tertiary/aromatic N) is 2. The predicted molar refractivity (Wildman–Crippen MR) is 128 cm³/mol. The molecule has 0 aliphatic carbocycles. The van der Waals surface area contributed by atoms with Gasteiger partial charge in [-0.15, -0.1) is 0 Å². The standard InChI is InChI=1S/C25H35N5O/c1-4-27-25(28-14-12-20-8-7-11-22(16-20)24(31)26-3)29-17-19(2)30-15-13-21-9-5-6-10-23(21)18-30/h5-11,16,19H,4,12-15,17-18H2,1-3H3,(H,26,31)(H2,27,28,29). The molecule has 6 nitrogen and oxygen atoms in total. The zero-order valence-corrected chi connectivity index (χ0v) is 18.9. The van der Waals surface area contributed by atoms with Crippen LogP contribution in [0.25, 0.3) is 0 Å². The molecule has 2 aromatic rings. The Labute approximate surface area is 186 Å². The van der Waals surface area contributed by atoms with E-state index in [1.807, 2.05) is 18.2 Å². The first-order chi connectivity index (χ1) is 15.1. The molecule has 1 aliphatic heterocycles. The second-order valence-corrected chi connectivity index (χ2v) is 8.01. The Morgan fingerprint density at radius 1 is 1.13 bits per heavy atom. The lowest BCUT2D eigenvalue weighted by Crippen LogP contribution is -2.42. The van der Waals surface area contributed by atoms with Crippen molar-refractivity contribution in [3.05, 3.63) is 70.8 Å². The van der Waals surface area contributed by atoms with E-state index in [2.05, 4.69) is 65.0 Å². The zero-order chi connectivity index (χ0) is 22.1. The van der Waals surface area contributed by atoms with Gasteiger partial charge >= 0.3 is 0 Å². The Morgan fingerprint density at radius 3 is 2.71 bits per heavy atom. The van der Waals surface area contributed by atoms with Gasteiger partial charge < -0.3 is 16.0 Å². The van der Waals surface area contributed by atoms with Gasteiger partial charge in [0.05, 0.1) is 6.54 Å². The van der Waals surface area contributed by atoms with Crippen LogP contribution >= 0.6 is 0 Å². The van der Waals surface area contributed by atoms with Crippen molar-refractivity contribution in [2.75, 3.05) is 33.2 Å². The summed E-state index contributed by atoms with van der Waals surface area (Å²) in [4.78, 5) is 19.2. The van der Waals surface area contributed by atoms with E-state index in [9.17, 15) is 4.79 Å². The zero-order valence-electron chi connectivity index (χ0n) is 18.9. The Bertz CT molecular complexity index is 895. The maximum Gasteiger partial charge on any atom is 0.251 e. The van der Waals surface area contributed by atoms with Gasteiger partial charge in [0, 0.05) is 44.8 Å². The smallest absolute Gasteiger partial charge is 0.251 e. The quantitative estimate of drug-likeness (QED) is 0.453. The van der Waals surface area contributed by atoms with Gasteiger partial charge in [-0.2, -0.15) is 0 Å². The van der Waals surface area contributed by atoms with Crippen LogP contribution in [0.4, 0.5) is 0 Å². The number of hydrogen-bond acceptors (Lipinski definition) is 3. The van der Waals surface area contributed by atoms with Crippen LogP contribution < -0.4 is 16.0 Å². The van der Waals surface area contributed by atoms with Crippen LogP contribution in [0.2, 0.25) is 0 Å². The summed E-state index contributed by atoms with van der Waals surface area (Å²) in [5.74, 6) is 0.785. The summed E-state index contributed by atoms with van der Waals surface area (Å²) in [6.07, 6.45) is 1.94. The fourth-order valence-corrected chi connectivity index (χ4v) is 3.91. The summed E-state index contributed by atoms with van der Waals surface area (Å²) in [5.41, 5.74) is 4.74. The highest BCUT2D eigenvalue weighted by Crippen LogP contribution is 2.20. The molecule has 3 rings (SSSR count). The minimum atomic E-state index is -0.0564. The van der Waals surface area contributed by atoms with Crippen LogP contribution in [0.5, 0.6) is 0 Å². The maximum absolute atomic E-state index is 11.8. The molecule has 0 saturated carbocycles. The van der Waals surface area contributed by atoms with Crippen molar-refractivity contribution in [1.29, 1.82) is 0 Å². The minimum Gasteiger partial charge on any atom is -0.357 e. The fourth-order valence-electron chi connectivity index (χ4n) is 3.91.